The van der Waals surface area contributed by atoms with Gasteiger partial charge in [-0.05, 0) is 19.8 Å². The molecule has 1 atom stereocenters. The molecule has 110 valence electrons. The first-order valence-corrected chi connectivity index (χ1v) is 7.11. The second kappa shape index (κ2) is 7.86. The van der Waals surface area contributed by atoms with Gasteiger partial charge in [0.25, 0.3) is 0 Å². The summed E-state index contributed by atoms with van der Waals surface area (Å²) < 4.78 is 0. The van der Waals surface area contributed by atoms with Gasteiger partial charge in [0.05, 0.1) is 0 Å². The maximum absolute atomic E-state index is 12.4. The number of urea groups is 1. The molecule has 0 saturated carbocycles. The van der Waals surface area contributed by atoms with E-state index in [1.54, 1.807) is 4.90 Å². The summed E-state index contributed by atoms with van der Waals surface area (Å²) in [5.41, 5.74) is 5.57. The molecule has 1 saturated heterocycles. The molecule has 0 aliphatic carbocycles. The van der Waals surface area contributed by atoms with E-state index in [1.165, 1.54) is 12.8 Å². The van der Waals surface area contributed by atoms with Gasteiger partial charge < -0.3 is 20.7 Å². The second-order valence-corrected chi connectivity index (χ2v) is 5.15. The van der Waals surface area contributed by atoms with E-state index in [0.29, 0.717) is 13.1 Å². The van der Waals surface area contributed by atoms with Gasteiger partial charge in [0.15, 0.2) is 0 Å². The lowest BCUT2D eigenvalue weighted by atomic mass is 10.1. The van der Waals surface area contributed by atoms with Crippen molar-refractivity contribution < 1.29 is 10.0 Å². The van der Waals surface area contributed by atoms with Crippen molar-refractivity contribution >= 4 is 11.9 Å². The fraction of sp³-hybridized carbons (Fsp3) is 0.846. The molecule has 0 aromatic carbocycles. The Morgan fingerprint density at radius 2 is 1.95 bits per heavy atom. The summed E-state index contributed by atoms with van der Waals surface area (Å²) in [4.78, 5) is 16.1. The number of nitrogens with zero attached hydrogens (tertiary/aromatic N) is 3. The van der Waals surface area contributed by atoms with Crippen LogP contribution >= 0.6 is 0 Å². The van der Waals surface area contributed by atoms with Crippen LogP contribution in [0.2, 0.25) is 0 Å². The van der Waals surface area contributed by atoms with E-state index in [9.17, 15) is 4.79 Å². The first-order valence-electron chi connectivity index (χ1n) is 7.11. The monoisotopic (exact) mass is 270 g/mol. The molecule has 2 amide bonds. The highest BCUT2D eigenvalue weighted by Crippen LogP contribution is 2.12. The molecule has 1 heterocycles. The van der Waals surface area contributed by atoms with Gasteiger partial charge >= 0.3 is 6.03 Å². The van der Waals surface area contributed by atoms with Gasteiger partial charge in [-0.25, -0.2) is 4.79 Å². The lowest BCUT2D eigenvalue weighted by Crippen LogP contribution is -2.46. The minimum atomic E-state index is -0.138. The van der Waals surface area contributed by atoms with Crippen LogP contribution < -0.4 is 5.73 Å². The molecule has 0 spiro atoms. The second-order valence-electron chi connectivity index (χ2n) is 5.15. The Labute approximate surface area is 115 Å². The lowest BCUT2D eigenvalue weighted by molar-refractivity contribution is 0.153. The summed E-state index contributed by atoms with van der Waals surface area (Å²) in [5, 5.41) is 11.7. The van der Waals surface area contributed by atoms with Crippen LogP contribution in [0.1, 0.15) is 39.5 Å². The van der Waals surface area contributed by atoms with E-state index >= 15 is 0 Å². The van der Waals surface area contributed by atoms with Crippen molar-refractivity contribution in [1.29, 1.82) is 0 Å². The van der Waals surface area contributed by atoms with Crippen LogP contribution in [-0.2, 0) is 0 Å². The Balaban J connectivity index is 2.59. The molecule has 6 heteroatoms. The predicted molar refractivity (Wildman–Crippen MR) is 75.3 cm³/mol. The first-order chi connectivity index (χ1) is 9.10. The number of amidine groups is 1. The molecule has 3 N–H and O–H groups in total. The average molecular weight is 270 g/mol. The van der Waals surface area contributed by atoms with Crippen LogP contribution in [-0.4, -0.2) is 53.1 Å². The zero-order valence-corrected chi connectivity index (χ0v) is 12.0. The lowest BCUT2D eigenvalue weighted by Gasteiger charge is -2.30. The maximum atomic E-state index is 12.4. The smallest absolute Gasteiger partial charge is 0.320 e. The van der Waals surface area contributed by atoms with Crippen LogP contribution in [0.5, 0.6) is 0 Å². The van der Waals surface area contributed by atoms with Gasteiger partial charge in [0.1, 0.15) is 5.84 Å². The number of hydrogen-bond donors (Lipinski definition) is 2. The largest absolute Gasteiger partial charge is 0.409 e. The molecule has 6 nitrogen and oxygen atoms in total. The molecule has 1 unspecified atom stereocenters. The normalized spacial score (nSPS) is 18.8. The van der Waals surface area contributed by atoms with Crippen molar-refractivity contribution in [3.05, 3.63) is 0 Å². The first kappa shape index (κ1) is 15.6. The highest BCUT2D eigenvalue weighted by Gasteiger charge is 2.23. The zero-order chi connectivity index (χ0) is 14.3. The van der Waals surface area contributed by atoms with Gasteiger partial charge in [-0.15, -0.1) is 0 Å². The van der Waals surface area contributed by atoms with Gasteiger partial charge in [-0.2, -0.15) is 0 Å². The van der Waals surface area contributed by atoms with Crippen molar-refractivity contribution in [2.24, 2.45) is 16.8 Å². The van der Waals surface area contributed by atoms with Gasteiger partial charge in [0, 0.05) is 32.1 Å². The van der Waals surface area contributed by atoms with Crippen molar-refractivity contribution in [2.45, 2.75) is 39.5 Å². The van der Waals surface area contributed by atoms with Crippen molar-refractivity contribution in [3.8, 4) is 0 Å². The zero-order valence-electron chi connectivity index (χ0n) is 12.0. The third-order valence-electron chi connectivity index (χ3n) is 3.64. The Morgan fingerprint density at radius 3 is 2.42 bits per heavy atom. The standard InChI is InChI=1S/C13H26N4O2/c1-3-16(10-11(2)12(14)15-19)13(18)17-8-6-4-5-7-9-17/h11,19H,3-10H2,1-2H3,(H2,14,15). The molecule has 19 heavy (non-hydrogen) atoms. The number of amides is 2. The summed E-state index contributed by atoms with van der Waals surface area (Å²) in [7, 11) is 0. The number of carbonyl (C=O) groups is 1. The molecule has 1 rings (SSSR count). The van der Waals surface area contributed by atoms with E-state index in [1.807, 2.05) is 18.7 Å². The van der Waals surface area contributed by atoms with Crippen LogP contribution in [0, 0.1) is 5.92 Å². The quantitative estimate of drug-likeness (QED) is 0.353. The van der Waals surface area contributed by atoms with Crippen molar-refractivity contribution in [1.82, 2.24) is 9.80 Å². The van der Waals surface area contributed by atoms with Crippen LogP contribution in [0.3, 0.4) is 0 Å². The van der Waals surface area contributed by atoms with E-state index in [0.717, 1.165) is 25.9 Å². The summed E-state index contributed by atoms with van der Waals surface area (Å²) in [5.74, 6) is 0.0306. The van der Waals surface area contributed by atoms with E-state index in [2.05, 4.69) is 5.16 Å². The minimum Gasteiger partial charge on any atom is -0.409 e. The van der Waals surface area contributed by atoms with Crippen LogP contribution in [0.25, 0.3) is 0 Å². The number of likely N-dealkylation sites (tertiary alicyclic amines) is 1. The average Bonchev–Trinajstić information content (AvgIpc) is 2.71. The minimum absolute atomic E-state index is 0.0713. The highest BCUT2D eigenvalue weighted by molar-refractivity contribution is 5.83. The Hall–Kier alpha value is -1.46. The molecule has 0 aromatic heterocycles. The highest BCUT2D eigenvalue weighted by atomic mass is 16.4. The van der Waals surface area contributed by atoms with E-state index in [-0.39, 0.29) is 17.8 Å². The molecule has 1 aliphatic heterocycles. The van der Waals surface area contributed by atoms with Crippen LogP contribution in [0.15, 0.2) is 5.16 Å². The summed E-state index contributed by atoms with van der Waals surface area (Å²) >= 11 is 0. The van der Waals surface area contributed by atoms with Gasteiger partial charge in [-0.1, -0.05) is 24.9 Å². The molecule has 0 aromatic rings. The fourth-order valence-electron chi connectivity index (χ4n) is 2.33. The predicted octanol–water partition coefficient (Wildman–Crippen LogP) is 1.69. The number of nitrogens with two attached hydrogens (primary N) is 1. The summed E-state index contributed by atoms with van der Waals surface area (Å²) in [6.07, 6.45) is 4.57. The van der Waals surface area contributed by atoms with Crippen molar-refractivity contribution in [2.75, 3.05) is 26.2 Å². The molecule has 1 fully saturated rings. The molecule has 0 bridgehead atoms. The van der Waals surface area contributed by atoms with Crippen LogP contribution in [0.4, 0.5) is 4.79 Å². The Morgan fingerprint density at radius 1 is 1.37 bits per heavy atom. The van der Waals surface area contributed by atoms with Gasteiger partial charge in [-0.3, -0.25) is 0 Å². The Kier molecular flexibility index (Phi) is 6.45. The third kappa shape index (κ3) is 4.61. The van der Waals surface area contributed by atoms with Gasteiger partial charge in [0.2, 0.25) is 0 Å². The number of oxime groups is 1. The molecule has 1 aliphatic rings. The topological polar surface area (TPSA) is 82.2 Å². The summed E-state index contributed by atoms with van der Waals surface area (Å²) in [6.45, 7) is 6.61. The maximum Gasteiger partial charge on any atom is 0.320 e. The fourth-order valence-corrected chi connectivity index (χ4v) is 2.33. The summed E-state index contributed by atoms with van der Waals surface area (Å²) in [6, 6.07) is 0.0713. The van der Waals surface area contributed by atoms with Crippen molar-refractivity contribution in [3.63, 3.8) is 0 Å². The SMILES string of the molecule is CCN(CC(C)C(N)=NO)C(=O)N1CCCCCC1. The molecular formula is C13H26N4O2. The number of hydrogen-bond acceptors (Lipinski definition) is 3. The Bertz CT molecular complexity index is 312. The third-order valence-corrected chi connectivity index (χ3v) is 3.64. The molecular weight excluding hydrogens is 244 g/mol. The molecule has 0 radical (unpaired) electrons. The number of carbonyl (C=O) groups excluding carboxylic acids is 1. The van der Waals surface area contributed by atoms with E-state index < -0.39 is 0 Å². The van der Waals surface area contributed by atoms with E-state index in [4.69, 9.17) is 10.9 Å². The number of rotatable bonds is 4.